The minimum atomic E-state index is 0.115. The zero-order valence-corrected chi connectivity index (χ0v) is 9.80. The van der Waals surface area contributed by atoms with Crippen molar-refractivity contribution < 1.29 is 9.39 Å². The van der Waals surface area contributed by atoms with E-state index in [-0.39, 0.29) is 6.92 Å². The standard InChI is InChI=1S/C11H14BClO2/c1-3-4-14-10-6-9(13)5-8-7-15-12(2)11(8)10/h5-6H,3-4,7H2,1-2H3. The second kappa shape index (κ2) is 4.46. The maximum atomic E-state index is 6.02. The number of rotatable bonds is 3. The predicted molar refractivity (Wildman–Crippen MR) is 63.3 cm³/mol. The van der Waals surface area contributed by atoms with Gasteiger partial charge in [0.15, 0.2) is 0 Å². The molecule has 2 nitrogen and oxygen atoms in total. The Kier molecular flexibility index (Phi) is 3.22. The fourth-order valence-electron chi connectivity index (χ4n) is 1.86. The summed E-state index contributed by atoms with van der Waals surface area (Å²) in [5, 5.41) is 0.720. The Morgan fingerprint density at radius 1 is 1.53 bits per heavy atom. The van der Waals surface area contributed by atoms with E-state index < -0.39 is 0 Å². The molecule has 0 aromatic heterocycles. The van der Waals surface area contributed by atoms with E-state index >= 15 is 0 Å². The lowest BCUT2D eigenvalue weighted by molar-refractivity contribution is 0.319. The van der Waals surface area contributed by atoms with Crippen LogP contribution in [0.5, 0.6) is 5.75 Å². The molecule has 1 aliphatic heterocycles. The molecule has 0 spiro atoms. The monoisotopic (exact) mass is 224 g/mol. The van der Waals surface area contributed by atoms with Crippen LogP contribution in [0.15, 0.2) is 12.1 Å². The van der Waals surface area contributed by atoms with Crippen LogP contribution in [0, 0.1) is 0 Å². The fourth-order valence-corrected chi connectivity index (χ4v) is 2.09. The van der Waals surface area contributed by atoms with Crippen LogP contribution < -0.4 is 10.2 Å². The molecule has 0 saturated heterocycles. The highest BCUT2D eigenvalue weighted by atomic mass is 35.5. The van der Waals surface area contributed by atoms with Crippen LogP contribution >= 0.6 is 11.6 Å². The highest BCUT2D eigenvalue weighted by molar-refractivity contribution is 6.68. The molecule has 1 heterocycles. The number of fused-ring (bicyclic) bond motifs is 1. The predicted octanol–water partition coefficient (Wildman–Crippen LogP) is 2.49. The molecule has 4 heteroatoms. The Morgan fingerprint density at radius 3 is 3.07 bits per heavy atom. The van der Waals surface area contributed by atoms with Gasteiger partial charge in [-0.15, -0.1) is 0 Å². The van der Waals surface area contributed by atoms with Crippen LogP contribution in [0.1, 0.15) is 18.9 Å². The zero-order chi connectivity index (χ0) is 10.8. The largest absolute Gasteiger partial charge is 0.494 e. The van der Waals surface area contributed by atoms with Crippen molar-refractivity contribution in [2.75, 3.05) is 6.61 Å². The second-order valence-electron chi connectivity index (χ2n) is 3.78. The summed E-state index contributed by atoms with van der Waals surface area (Å²) in [6.07, 6.45) is 0.997. The third kappa shape index (κ3) is 2.13. The number of benzene rings is 1. The third-order valence-corrected chi connectivity index (χ3v) is 2.77. The molecular weight excluding hydrogens is 210 g/mol. The van der Waals surface area contributed by atoms with Gasteiger partial charge < -0.3 is 9.39 Å². The molecule has 1 aliphatic rings. The van der Waals surface area contributed by atoms with Crippen LogP contribution in [0.2, 0.25) is 11.8 Å². The molecule has 0 radical (unpaired) electrons. The molecule has 1 aromatic carbocycles. The molecular formula is C11H14BClO2. The summed E-state index contributed by atoms with van der Waals surface area (Å²) in [6.45, 7) is 5.60. The smallest absolute Gasteiger partial charge is 0.327 e. The third-order valence-electron chi connectivity index (χ3n) is 2.55. The number of halogens is 1. The first kappa shape index (κ1) is 10.8. The second-order valence-corrected chi connectivity index (χ2v) is 4.21. The van der Waals surface area contributed by atoms with Crippen LogP contribution in [-0.4, -0.2) is 13.5 Å². The zero-order valence-electron chi connectivity index (χ0n) is 9.05. The first-order valence-electron chi connectivity index (χ1n) is 5.29. The van der Waals surface area contributed by atoms with E-state index in [1.807, 2.05) is 19.0 Å². The Bertz CT molecular complexity index is 368. The lowest BCUT2D eigenvalue weighted by Gasteiger charge is -2.11. The molecule has 15 heavy (non-hydrogen) atoms. The molecule has 0 saturated carbocycles. The summed E-state index contributed by atoms with van der Waals surface area (Å²) >= 11 is 6.02. The lowest BCUT2D eigenvalue weighted by Crippen LogP contribution is -2.26. The van der Waals surface area contributed by atoms with E-state index in [9.17, 15) is 0 Å². The molecule has 0 amide bonds. The van der Waals surface area contributed by atoms with Gasteiger partial charge in [0.05, 0.1) is 13.2 Å². The van der Waals surface area contributed by atoms with Gasteiger partial charge in [0.25, 0.3) is 0 Å². The van der Waals surface area contributed by atoms with E-state index in [0.29, 0.717) is 6.61 Å². The van der Waals surface area contributed by atoms with Crippen molar-refractivity contribution in [2.24, 2.45) is 0 Å². The van der Waals surface area contributed by atoms with Gasteiger partial charge >= 0.3 is 6.92 Å². The summed E-state index contributed by atoms with van der Waals surface area (Å²) in [5.74, 6) is 0.879. The van der Waals surface area contributed by atoms with Crippen molar-refractivity contribution in [3.8, 4) is 5.75 Å². The van der Waals surface area contributed by atoms with Crippen molar-refractivity contribution in [2.45, 2.75) is 26.8 Å². The van der Waals surface area contributed by atoms with Gasteiger partial charge in [0.1, 0.15) is 5.75 Å². The van der Waals surface area contributed by atoms with Gasteiger partial charge in [-0.25, -0.2) is 0 Å². The van der Waals surface area contributed by atoms with Crippen LogP contribution in [-0.2, 0) is 11.3 Å². The van der Waals surface area contributed by atoms with Gasteiger partial charge in [-0.2, -0.15) is 0 Å². The topological polar surface area (TPSA) is 18.5 Å². The van der Waals surface area contributed by atoms with Crippen molar-refractivity contribution in [1.29, 1.82) is 0 Å². The summed E-state index contributed by atoms with van der Waals surface area (Å²) in [7, 11) is 0. The molecule has 1 aromatic rings. The summed E-state index contributed by atoms with van der Waals surface area (Å²) in [6, 6.07) is 3.83. The molecule has 0 unspecified atom stereocenters. The average molecular weight is 224 g/mol. The van der Waals surface area contributed by atoms with Crippen LogP contribution in [0.25, 0.3) is 0 Å². The molecule has 0 bridgehead atoms. The van der Waals surface area contributed by atoms with Crippen molar-refractivity contribution in [3.05, 3.63) is 22.7 Å². The first-order chi connectivity index (χ1) is 7.22. The van der Waals surface area contributed by atoms with E-state index in [1.54, 1.807) is 0 Å². The lowest BCUT2D eigenvalue weighted by atomic mass is 9.64. The van der Waals surface area contributed by atoms with Crippen LogP contribution in [0.3, 0.4) is 0 Å². The van der Waals surface area contributed by atoms with Gasteiger partial charge in [0.2, 0.25) is 0 Å². The van der Waals surface area contributed by atoms with Crippen molar-refractivity contribution in [1.82, 2.24) is 0 Å². The SMILES string of the molecule is CCCOc1cc(Cl)cc2c1B(C)OC2. The molecule has 0 atom stereocenters. The van der Waals surface area contributed by atoms with Crippen molar-refractivity contribution >= 4 is 24.0 Å². The fraction of sp³-hybridized carbons (Fsp3) is 0.455. The van der Waals surface area contributed by atoms with E-state index in [0.717, 1.165) is 34.8 Å². The van der Waals surface area contributed by atoms with Crippen molar-refractivity contribution in [3.63, 3.8) is 0 Å². The van der Waals surface area contributed by atoms with Crippen LogP contribution in [0.4, 0.5) is 0 Å². The maximum Gasteiger partial charge on any atom is 0.327 e. The summed E-state index contributed by atoms with van der Waals surface area (Å²) < 4.78 is 11.2. The van der Waals surface area contributed by atoms with Gasteiger partial charge in [0, 0.05) is 5.02 Å². The molecule has 0 fully saturated rings. The highest BCUT2D eigenvalue weighted by Gasteiger charge is 2.27. The average Bonchev–Trinajstić information content (AvgIpc) is 2.56. The van der Waals surface area contributed by atoms with Gasteiger partial charge in [-0.1, -0.05) is 25.3 Å². The van der Waals surface area contributed by atoms with E-state index in [1.165, 1.54) is 0 Å². The minimum Gasteiger partial charge on any atom is -0.494 e. The summed E-state index contributed by atoms with van der Waals surface area (Å²) in [5.41, 5.74) is 2.31. The minimum absolute atomic E-state index is 0.115. The highest BCUT2D eigenvalue weighted by Crippen LogP contribution is 2.24. The normalized spacial score (nSPS) is 14.2. The molecule has 0 N–H and O–H groups in total. The Balaban J connectivity index is 2.35. The van der Waals surface area contributed by atoms with E-state index in [4.69, 9.17) is 21.0 Å². The molecule has 80 valence electrons. The Morgan fingerprint density at radius 2 is 2.33 bits per heavy atom. The maximum absolute atomic E-state index is 6.02. The van der Waals surface area contributed by atoms with Gasteiger partial charge in [-0.05, 0) is 29.6 Å². The number of hydrogen-bond donors (Lipinski definition) is 0. The summed E-state index contributed by atoms with van der Waals surface area (Å²) in [4.78, 5) is 0. The first-order valence-corrected chi connectivity index (χ1v) is 5.67. The molecule has 2 rings (SSSR count). The van der Waals surface area contributed by atoms with E-state index in [2.05, 4.69) is 6.92 Å². The quantitative estimate of drug-likeness (QED) is 0.735. The molecule has 0 aliphatic carbocycles. The Hall–Kier alpha value is -0.665. The number of hydrogen-bond acceptors (Lipinski definition) is 2. The number of ether oxygens (including phenoxy) is 1. The van der Waals surface area contributed by atoms with Gasteiger partial charge in [-0.3, -0.25) is 0 Å². The Labute approximate surface area is 95.6 Å².